The predicted molar refractivity (Wildman–Crippen MR) is 154 cm³/mol. The maximum Gasteiger partial charge on any atom is 0.257 e. The highest BCUT2D eigenvalue weighted by Gasteiger charge is 2.45. The first-order valence-corrected chi connectivity index (χ1v) is 14.2. The van der Waals surface area contributed by atoms with Crippen molar-refractivity contribution in [3.63, 3.8) is 0 Å². The molecule has 0 bridgehead atoms. The van der Waals surface area contributed by atoms with Crippen LogP contribution in [-0.4, -0.2) is 40.2 Å². The number of fused-ring (bicyclic) bond motifs is 1. The second-order valence-corrected chi connectivity index (χ2v) is 11.0. The number of hydrogen-bond donors (Lipinski definition) is 0. The molecule has 2 aliphatic rings. The molecule has 2 fully saturated rings. The molecule has 0 radical (unpaired) electrons. The number of hydrogen-bond acceptors (Lipinski definition) is 5. The molecular formula is C32H30ClN3O4. The largest absolute Gasteiger partial charge is 0.436 e. The van der Waals surface area contributed by atoms with Gasteiger partial charge in [0.2, 0.25) is 17.7 Å². The number of imide groups is 1. The van der Waals surface area contributed by atoms with Crippen LogP contribution in [-0.2, 0) is 20.8 Å². The number of halogens is 1. The van der Waals surface area contributed by atoms with Gasteiger partial charge in [0.15, 0.2) is 5.58 Å². The molecule has 3 amide bonds. The van der Waals surface area contributed by atoms with E-state index in [4.69, 9.17) is 16.0 Å². The predicted octanol–water partition coefficient (Wildman–Crippen LogP) is 6.43. The van der Waals surface area contributed by atoms with E-state index in [0.717, 1.165) is 48.7 Å². The molecule has 1 saturated carbocycles. The van der Waals surface area contributed by atoms with Gasteiger partial charge < -0.3 is 9.32 Å². The minimum absolute atomic E-state index is 0.0268. The van der Waals surface area contributed by atoms with Crippen molar-refractivity contribution in [3.8, 4) is 11.5 Å². The first-order valence-electron chi connectivity index (χ1n) is 13.9. The lowest BCUT2D eigenvalue weighted by atomic mass is 9.87. The number of anilines is 1. The van der Waals surface area contributed by atoms with Gasteiger partial charge in [-0.3, -0.25) is 14.4 Å². The van der Waals surface area contributed by atoms with Crippen LogP contribution in [0.25, 0.3) is 22.6 Å². The Morgan fingerprint density at radius 2 is 1.75 bits per heavy atom. The fraction of sp³-hybridized carbons (Fsp3) is 0.312. The first kappa shape index (κ1) is 26.3. The van der Waals surface area contributed by atoms with Crippen LogP contribution in [0.4, 0.5) is 5.69 Å². The van der Waals surface area contributed by atoms with E-state index < -0.39 is 6.04 Å². The number of oxazole rings is 1. The molecule has 3 aromatic carbocycles. The number of carbonyl (C=O) groups is 3. The molecule has 40 heavy (non-hydrogen) atoms. The topological polar surface area (TPSA) is 83.7 Å². The SMILES string of the molecule is O=C1CC(N(CCc2cccc(Cl)c2)C(=O)C2CCCCC2)C(=O)N1c1ccc(-c2nc3ccccc3o2)cc1. The summed E-state index contributed by atoms with van der Waals surface area (Å²) in [6, 6.07) is 21.2. The van der Waals surface area contributed by atoms with Crippen molar-refractivity contribution in [2.75, 3.05) is 11.4 Å². The van der Waals surface area contributed by atoms with Gasteiger partial charge in [-0.25, -0.2) is 9.88 Å². The zero-order chi connectivity index (χ0) is 27.6. The molecule has 6 rings (SSSR count). The monoisotopic (exact) mass is 555 g/mol. The van der Waals surface area contributed by atoms with Crippen molar-refractivity contribution in [1.82, 2.24) is 9.88 Å². The fourth-order valence-corrected chi connectivity index (χ4v) is 6.04. The summed E-state index contributed by atoms with van der Waals surface area (Å²) < 4.78 is 5.85. The van der Waals surface area contributed by atoms with Crippen LogP contribution < -0.4 is 4.90 Å². The van der Waals surface area contributed by atoms with E-state index in [9.17, 15) is 14.4 Å². The van der Waals surface area contributed by atoms with Gasteiger partial charge in [0.1, 0.15) is 11.6 Å². The zero-order valence-electron chi connectivity index (χ0n) is 22.1. The average molecular weight is 556 g/mol. The summed E-state index contributed by atoms with van der Waals surface area (Å²) in [5, 5.41) is 0.627. The van der Waals surface area contributed by atoms with Crippen molar-refractivity contribution < 1.29 is 18.8 Å². The number of rotatable bonds is 7. The van der Waals surface area contributed by atoms with Crippen molar-refractivity contribution >= 4 is 46.1 Å². The summed E-state index contributed by atoms with van der Waals surface area (Å²) in [6.07, 6.45) is 5.31. The van der Waals surface area contributed by atoms with Gasteiger partial charge in [0.05, 0.1) is 12.1 Å². The molecule has 1 aliphatic carbocycles. The third-order valence-corrected chi connectivity index (χ3v) is 8.17. The van der Waals surface area contributed by atoms with Crippen molar-refractivity contribution in [1.29, 1.82) is 0 Å². The summed E-state index contributed by atoms with van der Waals surface area (Å²) in [7, 11) is 0. The third-order valence-electron chi connectivity index (χ3n) is 7.93. The molecule has 0 N–H and O–H groups in total. The Bertz CT molecular complexity index is 1520. The molecule has 1 aromatic heterocycles. The summed E-state index contributed by atoms with van der Waals surface area (Å²) >= 11 is 6.18. The molecule has 204 valence electrons. The van der Waals surface area contributed by atoms with Crippen LogP contribution in [0.1, 0.15) is 44.1 Å². The lowest BCUT2D eigenvalue weighted by Gasteiger charge is -2.32. The van der Waals surface area contributed by atoms with Gasteiger partial charge in [-0.05, 0) is 73.4 Å². The van der Waals surface area contributed by atoms with Gasteiger partial charge >= 0.3 is 0 Å². The summed E-state index contributed by atoms with van der Waals surface area (Å²) in [5.41, 5.74) is 3.64. The Morgan fingerprint density at radius 1 is 0.975 bits per heavy atom. The average Bonchev–Trinajstić information content (AvgIpc) is 3.54. The molecule has 8 heteroatoms. The van der Waals surface area contributed by atoms with Crippen molar-refractivity contribution in [2.45, 2.75) is 51.0 Å². The third kappa shape index (κ3) is 5.26. The Morgan fingerprint density at radius 3 is 2.50 bits per heavy atom. The normalized spacial score (nSPS) is 18.0. The van der Waals surface area contributed by atoms with Crippen LogP contribution in [0.2, 0.25) is 5.02 Å². The molecule has 1 unspecified atom stereocenters. The Kier molecular flexibility index (Phi) is 7.39. The molecular weight excluding hydrogens is 526 g/mol. The van der Waals surface area contributed by atoms with E-state index in [1.807, 2.05) is 48.5 Å². The number of benzene rings is 3. The fourth-order valence-electron chi connectivity index (χ4n) is 5.83. The zero-order valence-corrected chi connectivity index (χ0v) is 22.8. The van der Waals surface area contributed by atoms with Crippen molar-refractivity contribution in [2.24, 2.45) is 5.92 Å². The van der Waals surface area contributed by atoms with Gasteiger partial charge in [-0.15, -0.1) is 0 Å². The molecule has 7 nitrogen and oxygen atoms in total. The van der Waals surface area contributed by atoms with E-state index in [0.29, 0.717) is 35.1 Å². The quantitative estimate of drug-likeness (QED) is 0.245. The second kappa shape index (κ2) is 11.3. The smallest absolute Gasteiger partial charge is 0.257 e. The van der Waals surface area contributed by atoms with Gasteiger partial charge in [0, 0.05) is 23.0 Å². The maximum atomic E-state index is 13.7. The lowest BCUT2D eigenvalue weighted by Crippen LogP contribution is -2.48. The molecule has 1 aliphatic heterocycles. The van der Waals surface area contributed by atoms with Crippen LogP contribution in [0.5, 0.6) is 0 Å². The van der Waals surface area contributed by atoms with Crippen molar-refractivity contribution in [3.05, 3.63) is 83.4 Å². The van der Waals surface area contributed by atoms with E-state index >= 15 is 0 Å². The van der Waals surface area contributed by atoms with Crippen LogP contribution >= 0.6 is 11.6 Å². The Balaban J connectivity index is 1.23. The number of carbonyl (C=O) groups excluding carboxylic acids is 3. The van der Waals surface area contributed by atoms with Gasteiger partial charge in [-0.2, -0.15) is 0 Å². The maximum absolute atomic E-state index is 13.7. The summed E-state index contributed by atoms with van der Waals surface area (Å²) in [6.45, 7) is 0.351. The van der Waals surface area contributed by atoms with Gasteiger partial charge in [0.25, 0.3) is 5.91 Å². The van der Waals surface area contributed by atoms with Gasteiger partial charge in [-0.1, -0.05) is 55.1 Å². The minimum Gasteiger partial charge on any atom is -0.436 e. The summed E-state index contributed by atoms with van der Waals surface area (Å²) in [4.78, 5) is 48.1. The number of amides is 3. The number of aromatic nitrogens is 1. The standard InChI is InChI=1S/C32H30ClN3O4/c33-24-10-6-7-21(19-24)17-18-35(31(38)23-8-2-1-3-9-23)27-20-29(37)36(32(27)39)25-15-13-22(14-16-25)30-34-26-11-4-5-12-28(26)40-30/h4-7,10-16,19,23,27H,1-3,8-9,17-18,20H2. The minimum atomic E-state index is -0.821. The molecule has 2 heterocycles. The van der Waals surface area contributed by atoms with E-state index in [2.05, 4.69) is 4.98 Å². The highest BCUT2D eigenvalue weighted by Crippen LogP contribution is 2.32. The van der Waals surface area contributed by atoms with E-state index in [1.165, 1.54) is 4.90 Å². The lowest BCUT2D eigenvalue weighted by molar-refractivity contribution is -0.142. The highest BCUT2D eigenvalue weighted by molar-refractivity contribution is 6.30. The number of para-hydroxylation sites is 2. The van der Waals surface area contributed by atoms with E-state index in [-0.39, 0.29) is 30.1 Å². The second-order valence-electron chi connectivity index (χ2n) is 10.6. The van der Waals surface area contributed by atoms with E-state index in [1.54, 1.807) is 29.2 Å². The molecule has 4 aromatic rings. The summed E-state index contributed by atoms with van der Waals surface area (Å²) in [5.74, 6) is -0.347. The van der Waals surface area contributed by atoms with Crippen LogP contribution in [0.3, 0.4) is 0 Å². The number of nitrogens with zero attached hydrogens (tertiary/aromatic N) is 3. The molecule has 1 saturated heterocycles. The molecule has 1 atom stereocenters. The van der Waals surface area contributed by atoms with Crippen LogP contribution in [0.15, 0.2) is 77.2 Å². The first-order chi connectivity index (χ1) is 19.5. The van der Waals surface area contributed by atoms with Crippen LogP contribution in [0, 0.1) is 5.92 Å². The highest BCUT2D eigenvalue weighted by atomic mass is 35.5. The Hall–Kier alpha value is -3.97. The molecule has 0 spiro atoms. The Labute approximate surface area is 237 Å².